The molecule has 0 spiro atoms. The van der Waals surface area contributed by atoms with Crippen LogP contribution in [0.25, 0.3) is 0 Å². The predicted molar refractivity (Wildman–Crippen MR) is 94.9 cm³/mol. The molecule has 2 fully saturated rings. The topological polar surface area (TPSA) is 95.9 Å². The van der Waals surface area contributed by atoms with Crippen molar-refractivity contribution >= 4 is 23.5 Å². The maximum absolute atomic E-state index is 12.5. The first-order valence-electron chi connectivity index (χ1n) is 9.02. The number of carbonyl (C=O) groups is 3. The standard InChI is InChI=1S/C19H24N2O5/c1-12-8-10-21(11-9-12)18(23)13-2-4-14(5-3-13)20-17(22)15-6-7-16(26-15)19(24)25/h2-5,12,15-16H,6-11H2,1H3,(H,20,22)(H,24,25)/t15-,16+/m0/s1. The molecule has 2 amide bonds. The summed E-state index contributed by atoms with van der Waals surface area (Å²) in [5, 5.41) is 11.6. The summed E-state index contributed by atoms with van der Waals surface area (Å²) in [6, 6.07) is 6.76. The number of carboxylic acids is 1. The van der Waals surface area contributed by atoms with E-state index < -0.39 is 18.2 Å². The third-order valence-electron chi connectivity index (χ3n) is 5.06. The highest BCUT2D eigenvalue weighted by molar-refractivity contribution is 5.97. The number of ether oxygens (including phenoxy) is 1. The number of hydrogen-bond donors (Lipinski definition) is 2. The summed E-state index contributed by atoms with van der Waals surface area (Å²) in [4.78, 5) is 37.4. The Morgan fingerprint density at radius 2 is 1.65 bits per heavy atom. The molecule has 0 aliphatic carbocycles. The Morgan fingerprint density at radius 3 is 2.23 bits per heavy atom. The molecule has 2 heterocycles. The van der Waals surface area contributed by atoms with E-state index >= 15 is 0 Å². The second-order valence-electron chi connectivity index (χ2n) is 7.07. The Balaban J connectivity index is 1.55. The molecule has 2 saturated heterocycles. The van der Waals surface area contributed by atoms with Gasteiger partial charge in [-0.3, -0.25) is 9.59 Å². The molecule has 1 aromatic carbocycles. The molecule has 7 heteroatoms. The summed E-state index contributed by atoms with van der Waals surface area (Å²) in [6.07, 6.45) is 1.09. The summed E-state index contributed by atoms with van der Waals surface area (Å²) < 4.78 is 5.23. The number of rotatable bonds is 4. The van der Waals surface area contributed by atoms with Gasteiger partial charge in [0.15, 0.2) is 6.10 Å². The summed E-state index contributed by atoms with van der Waals surface area (Å²) in [7, 11) is 0. The van der Waals surface area contributed by atoms with E-state index in [1.54, 1.807) is 24.3 Å². The van der Waals surface area contributed by atoms with Gasteiger partial charge >= 0.3 is 5.97 Å². The minimum Gasteiger partial charge on any atom is -0.479 e. The Kier molecular flexibility index (Phi) is 5.56. The number of likely N-dealkylation sites (tertiary alicyclic amines) is 1. The summed E-state index contributed by atoms with van der Waals surface area (Å²) in [5.74, 6) is -0.735. The van der Waals surface area contributed by atoms with Crippen molar-refractivity contribution in [1.29, 1.82) is 0 Å². The molecule has 0 bridgehead atoms. The first-order valence-corrected chi connectivity index (χ1v) is 9.02. The first-order chi connectivity index (χ1) is 12.4. The van der Waals surface area contributed by atoms with Crippen molar-refractivity contribution in [3.8, 4) is 0 Å². The molecule has 0 unspecified atom stereocenters. The van der Waals surface area contributed by atoms with Crippen molar-refractivity contribution in [2.75, 3.05) is 18.4 Å². The lowest BCUT2D eigenvalue weighted by atomic mass is 9.98. The molecule has 3 rings (SSSR count). The van der Waals surface area contributed by atoms with E-state index in [-0.39, 0.29) is 11.8 Å². The number of aliphatic carboxylic acids is 1. The molecular weight excluding hydrogens is 336 g/mol. The maximum Gasteiger partial charge on any atom is 0.332 e. The SMILES string of the molecule is CC1CCN(C(=O)c2ccc(NC(=O)[C@@H]3CC[C@H](C(=O)O)O3)cc2)CC1. The van der Waals surface area contributed by atoms with Crippen LogP contribution in [0.2, 0.25) is 0 Å². The van der Waals surface area contributed by atoms with Gasteiger partial charge in [0, 0.05) is 24.3 Å². The van der Waals surface area contributed by atoms with Crippen molar-refractivity contribution in [3.05, 3.63) is 29.8 Å². The smallest absolute Gasteiger partial charge is 0.332 e. The Hall–Kier alpha value is -2.41. The molecule has 2 atom stereocenters. The van der Waals surface area contributed by atoms with Crippen molar-refractivity contribution in [1.82, 2.24) is 4.90 Å². The fourth-order valence-corrected chi connectivity index (χ4v) is 3.32. The molecule has 2 aliphatic rings. The number of piperidine rings is 1. The van der Waals surface area contributed by atoms with Crippen LogP contribution in [0, 0.1) is 5.92 Å². The average molecular weight is 360 g/mol. The van der Waals surface area contributed by atoms with E-state index in [0.29, 0.717) is 30.0 Å². The van der Waals surface area contributed by atoms with Gasteiger partial charge in [-0.15, -0.1) is 0 Å². The van der Waals surface area contributed by atoms with E-state index in [2.05, 4.69) is 12.2 Å². The molecule has 140 valence electrons. The number of anilines is 1. The van der Waals surface area contributed by atoms with Gasteiger partial charge in [-0.1, -0.05) is 6.92 Å². The summed E-state index contributed by atoms with van der Waals surface area (Å²) in [6.45, 7) is 3.76. The van der Waals surface area contributed by atoms with Crippen LogP contribution in [-0.2, 0) is 14.3 Å². The normalized spacial score (nSPS) is 23.7. The molecule has 7 nitrogen and oxygen atoms in total. The van der Waals surface area contributed by atoms with Gasteiger partial charge in [-0.25, -0.2) is 4.79 Å². The molecule has 0 saturated carbocycles. The maximum atomic E-state index is 12.5. The van der Waals surface area contributed by atoms with Crippen LogP contribution in [0.3, 0.4) is 0 Å². The first kappa shape index (κ1) is 18.4. The summed E-state index contributed by atoms with van der Waals surface area (Å²) in [5.41, 5.74) is 1.15. The van der Waals surface area contributed by atoms with Gasteiger partial charge in [-0.2, -0.15) is 0 Å². The number of nitrogens with one attached hydrogen (secondary N) is 1. The van der Waals surface area contributed by atoms with Gasteiger partial charge in [0.2, 0.25) is 0 Å². The fraction of sp³-hybridized carbons (Fsp3) is 0.526. The lowest BCUT2D eigenvalue weighted by Gasteiger charge is -2.30. The Bertz CT molecular complexity index is 680. The number of hydrogen-bond acceptors (Lipinski definition) is 4. The molecular formula is C19H24N2O5. The van der Waals surface area contributed by atoms with Gasteiger partial charge in [0.05, 0.1) is 0 Å². The van der Waals surface area contributed by atoms with Gasteiger partial charge in [0.1, 0.15) is 6.10 Å². The second-order valence-corrected chi connectivity index (χ2v) is 7.07. The number of carbonyl (C=O) groups excluding carboxylic acids is 2. The Morgan fingerprint density at radius 1 is 1.04 bits per heavy atom. The minimum atomic E-state index is -1.05. The lowest BCUT2D eigenvalue weighted by Crippen LogP contribution is -2.37. The number of carboxylic acid groups (broad SMARTS) is 1. The number of nitrogens with zero attached hydrogens (tertiary/aromatic N) is 1. The van der Waals surface area contributed by atoms with E-state index in [4.69, 9.17) is 9.84 Å². The fourth-order valence-electron chi connectivity index (χ4n) is 3.32. The van der Waals surface area contributed by atoms with Crippen LogP contribution in [0.1, 0.15) is 43.0 Å². The molecule has 2 aliphatic heterocycles. The van der Waals surface area contributed by atoms with Crippen molar-refractivity contribution < 1.29 is 24.2 Å². The summed E-state index contributed by atoms with van der Waals surface area (Å²) >= 11 is 0. The minimum absolute atomic E-state index is 0.0122. The second kappa shape index (κ2) is 7.86. The van der Waals surface area contributed by atoms with Crippen molar-refractivity contribution in [2.45, 2.75) is 44.8 Å². The van der Waals surface area contributed by atoms with Gasteiger partial charge in [0.25, 0.3) is 11.8 Å². The van der Waals surface area contributed by atoms with E-state index in [0.717, 1.165) is 25.9 Å². The lowest BCUT2D eigenvalue weighted by molar-refractivity contribution is -0.150. The van der Waals surface area contributed by atoms with Gasteiger partial charge < -0.3 is 20.1 Å². The predicted octanol–water partition coefficient (Wildman–Crippen LogP) is 2.13. The molecule has 2 N–H and O–H groups in total. The van der Waals surface area contributed by atoms with E-state index in [1.165, 1.54) is 0 Å². The highest BCUT2D eigenvalue weighted by atomic mass is 16.5. The van der Waals surface area contributed by atoms with E-state index in [1.807, 2.05) is 4.90 Å². The van der Waals surface area contributed by atoms with Crippen LogP contribution < -0.4 is 5.32 Å². The van der Waals surface area contributed by atoms with Crippen molar-refractivity contribution in [3.63, 3.8) is 0 Å². The van der Waals surface area contributed by atoms with E-state index in [9.17, 15) is 14.4 Å². The van der Waals surface area contributed by atoms with Crippen LogP contribution in [0.4, 0.5) is 5.69 Å². The zero-order valence-electron chi connectivity index (χ0n) is 14.8. The number of benzene rings is 1. The monoisotopic (exact) mass is 360 g/mol. The molecule has 0 radical (unpaired) electrons. The van der Waals surface area contributed by atoms with Crippen LogP contribution in [0.15, 0.2) is 24.3 Å². The quantitative estimate of drug-likeness (QED) is 0.857. The Labute approximate surface area is 152 Å². The van der Waals surface area contributed by atoms with Crippen LogP contribution >= 0.6 is 0 Å². The number of amides is 2. The average Bonchev–Trinajstić information content (AvgIpc) is 3.13. The molecule has 1 aromatic rings. The molecule has 0 aromatic heterocycles. The zero-order valence-corrected chi connectivity index (χ0v) is 14.8. The third-order valence-corrected chi connectivity index (χ3v) is 5.06. The highest BCUT2D eigenvalue weighted by Gasteiger charge is 2.34. The van der Waals surface area contributed by atoms with Gasteiger partial charge in [-0.05, 0) is 55.9 Å². The zero-order chi connectivity index (χ0) is 18.7. The third kappa shape index (κ3) is 4.22. The van der Waals surface area contributed by atoms with Crippen LogP contribution in [-0.4, -0.2) is 53.1 Å². The van der Waals surface area contributed by atoms with Crippen LogP contribution in [0.5, 0.6) is 0 Å². The largest absolute Gasteiger partial charge is 0.479 e. The molecule has 26 heavy (non-hydrogen) atoms. The highest BCUT2D eigenvalue weighted by Crippen LogP contribution is 2.22. The van der Waals surface area contributed by atoms with Crippen molar-refractivity contribution in [2.24, 2.45) is 5.92 Å².